The number of pyridine rings is 2. The van der Waals surface area contributed by atoms with Crippen molar-refractivity contribution in [3.05, 3.63) is 33.9 Å². The molecule has 0 unspecified atom stereocenters. The number of ether oxygens (including phenoxy) is 2. The molecule has 0 spiro atoms. The third-order valence-corrected chi connectivity index (χ3v) is 4.13. The van der Waals surface area contributed by atoms with E-state index in [1.807, 2.05) is 6.92 Å². The summed E-state index contributed by atoms with van der Waals surface area (Å²) in [4.78, 5) is 30.8. The van der Waals surface area contributed by atoms with Gasteiger partial charge >= 0.3 is 5.97 Å². The van der Waals surface area contributed by atoms with Crippen molar-refractivity contribution in [1.29, 1.82) is 0 Å². The van der Waals surface area contributed by atoms with Crippen molar-refractivity contribution < 1.29 is 18.7 Å². The average Bonchev–Trinajstić information content (AvgIpc) is 2.63. The fourth-order valence-corrected chi connectivity index (χ4v) is 2.87. The monoisotopic (exact) mass is 349 g/mol. The molecule has 0 bridgehead atoms. The van der Waals surface area contributed by atoms with Gasteiger partial charge in [-0.05, 0) is 19.9 Å². The molecule has 2 aromatic heterocycles. The average molecular weight is 349 g/mol. The summed E-state index contributed by atoms with van der Waals surface area (Å²) in [6.07, 6.45) is 1.43. The highest BCUT2D eigenvalue weighted by Crippen LogP contribution is 2.22. The highest BCUT2D eigenvalue weighted by atomic mass is 19.1. The number of hydrogen-bond acceptors (Lipinski definition) is 6. The van der Waals surface area contributed by atoms with Crippen molar-refractivity contribution in [2.45, 2.75) is 20.4 Å². The minimum atomic E-state index is -0.714. The number of halogens is 1. The number of hydrogen-bond donors (Lipinski definition) is 0. The first-order valence-electron chi connectivity index (χ1n) is 8.30. The van der Waals surface area contributed by atoms with E-state index < -0.39 is 17.2 Å². The smallest absolute Gasteiger partial charge is 0.343 e. The molecule has 0 aromatic carbocycles. The maximum Gasteiger partial charge on any atom is 0.343 e. The number of morpholine rings is 1. The van der Waals surface area contributed by atoms with Crippen molar-refractivity contribution in [1.82, 2.24) is 9.55 Å². The van der Waals surface area contributed by atoms with Gasteiger partial charge in [0.05, 0.1) is 25.2 Å². The van der Waals surface area contributed by atoms with Gasteiger partial charge in [0.2, 0.25) is 5.43 Å². The minimum Gasteiger partial charge on any atom is -0.462 e. The summed E-state index contributed by atoms with van der Waals surface area (Å²) >= 11 is 0. The van der Waals surface area contributed by atoms with Gasteiger partial charge in [0.1, 0.15) is 11.2 Å². The molecule has 25 heavy (non-hydrogen) atoms. The SMILES string of the molecule is CCOC(=O)c1cn(CC)c2nc(N3CCOCC3)c(F)cc2c1=O. The van der Waals surface area contributed by atoms with Gasteiger partial charge < -0.3 is 18.9 Å². The van der Waals surface area contributed by atoms with Crippen molar-refractivity contribution in [3.63, 3.8) is 0 Å². The van der Waals surface area contributed by atoms with Crippen LogP contribution in [0.3, 0.4) is 0 Å². The molecular formula is C17H20FN3O4. The number of nitrogens with zero attached hydrogens (tertiary/aromatic N) is 3. The first-order valence-corrected chi connectivity index (χ1v) is 8.30. The lowest BCUT2D eigenvalue weighted by molar-refractivity contribution is 0.0524. The van der Waals surface area contributed by atoms with Gasteiger partial charge in [-0.1, -0.05) is 0 Å². The zero-order valence-corrected chi connectivity index (χ0v) is 14.2. The molecule has 1 aliphatic heterocycles. The molecule has 0 aliphatic carbocycles. The van der Waals surface area contributed by atoms with E-state index in [-0.39, 0.29) is 23.4 Å². The molecule has 1 aliphatic rings. The lowest BCUT2D eigenvalue weighted by Gasteiger charge is -2.28. The fourth-order valence-electron chi connectivity index (χ4n) is 2.87. The highest BCUT2D eigenvalue weighted by molar-refractivity contribution is 5.93. The lowest BCUT2D eigenvalue weighted by Crippen LogP contribution is -2.37. The van der Waals surface area contributed by atoms with Gasteiger partial charge in [-0.15, -0.1) is 0 Å². The van der Waals surface area contributed by atoms with Crippen LogP contribution in [-0.4, -0.2) is 48.4 Å². The molecule has 1 fully saturated rings. The summed E-state index contributed by atoms with van der Waals surface area (Å²) in [6, 6.07) is 1.16. The third kappa shape index (κ3) is 3.21. The minimum absolute atomic E-state index is 0.0712. The van der Waals surface area contributed by atoms with Crippen molar-refractivity contribution in [3.8, 4) is 0 Å². The summed E-state index contributed by atoms with van der Waals surface area (Å²) in [7, 11) is 0. The predicted octanol–water partition coefficient (Wildman–Crippen LogP) is 1.57. The van der Waals surface area contributed by atoms with E-state index in [2.05, 4.69) is 4.98 Å². The molecule has 134 valence electrons. The molecule has 7 nitrogen and oxygen atoms in total. The van der Waals surface area contributed by atoms with Crippen LogP contribution in [0.25, 0.3) is 11.0 Å². The van der Waals surface area contributed by atoms with Gasteiger partial charge in [-0.2, -0.15) is 0 Å². The zero-order chi connectivity index (χ0) is 18.0. The van der Waals surface area contributed by atoms with E-state index in [0.29, 0.717) is 38.5 Å². The second-order valence-corrected chi connectivity index (χ2v) is 5.64. The van der Waals surface area contributed by atoms with Gasteiger partial charge in [0.15, 0.2) is 11.6 Å². The van der Waals surface area contributed by atoms with Gasteiger partial charge in [0.25, 0.3) is 0 Å². The standard InChI is InChI=1S/C17H20FN3O4/c1-3-20-10-12(17(23)25-4-2)14(22)11-9-13(18)16(19-15(11)20)21-5-7-24-8-6-21/h9-10H,3-8H2,1-2H3. The molecule has 0 atom stereocenters. The Morgan fingerprint density at radius 3 is 2.72 bits per heavy atom. The first-order chi connectivity index (χ1) is 12.1. The number of carbonyl (C=O) groups excluding carboxylic acids is 1. The topological polar surface area (TPSA) is 73.7 Å². The van der Waals surface area contributed by atoms with Crippen LogP contribution in [0, 0.1) is 5.82 Å². The normalized spacial score (nSPS) is 14.8. The molecule has 0 amide bonds. The van der Waals surface area contributed by atoms with Crippen LogP contribution in [0.5, 0.6) is 0 Å². The Hall–Kier alpha value is -2.48. The summed E-state index contributed by atoms with van der Waals surface area (Å²) in [5.74, 6) is -1.11. The van der Waals surface area contributed by atoms with Crippen LogP contribution < -0.4 is 10.3 Å². The molecule has 0 N–H and O–H groups in total. The van der Waals surface area contributed by atoms with Crippen LogP contribution in [-0.2, 0) is 16.0 Å². The zero-order valence-electron chi connectivity index (χ0n) is 14.2. The molecule has 8 heteroatoms. The fraction of sp³-hybridized carbons (Fsp3) is 0.471. The first kappa shape index (κ1) is 17.3. The number of aromatic nitrogens is 2. The number of esters is 1. The van der Waals surface area contributed by atoms with Crippen LogP contribution >= 0.6 is 0 Å². The summed E-state index contributed by atoms with van der Waals surface area (Å²) < 4.78 is 26.4. The number of rotatable bonds is 4. The molecule has 1 saturated heterocycles. The Balaban J connectivity index is 2.18. The number of fused-ring (bicyclic) bond motifs is 1. The molecular weight excluding hydrogens is 329 g/mol. The highest BCUT2D eigenvalue weighted by Gasteiger charge is 2.22. The predicted molar refractivity (Wildman–Crippen MR) is 90.6 cm³/mol. The Labute approximate surface area is 144 Å². The molecule has 0 radical (unpaired) electrons. The largest absolute Gasteiger partial charge is 0.462 e. The maximum atomic E-state index is 14.6. The van der Waals surface area contributed by atoms with E-state index in [0.717, 1.165) is 6.07 Å². The van der Waals surface area contributed by atoms with Crippen molar-refractivity contribution in [2.24, 2.45) is 0 Å². The summed E-state index contributed by atoms with van der Waals surface area (Å²) in [5.41, 5.74) is -0.335. The van der Waals surface area contributed by atoms with Gasteiger partial charge in [-0.3, -0.25) is 4.79 Å². The maximum absolute atomic E-state index is 14.6. The van der Waals surface area contributed by atoms with E-state index in [4.69, 9.17) is 9.47 Å². The molecule has 2 aromatic rings. The number of aryl methyl sites for hydroxylation is 1. The number of carbonyl (C=O) groups is 1. The van der Waals surface area contributed by atoms with E-state index in [9.17, 15) is 14.0 Å². The van der Waals surface area contributed by atoms with E-state index in [1.165, 1.54) is 6.20 Å². The van der Waals surface area contributed by atoms with Crippen LogP contribution in [0.4, 0.5) is 10.2 Å². The van der Waals surface area contributed by atoms with E-state index in [1.54, 1.807) is 16.4 Å². The summed E-state index contributed by atoms with van der Waals surface area (Å²) in [6.45, 7) is 6.23. The third-order valence-electron chi connectivity index (χ3n) is 4.13. The second-order valence-electron chi connectivity index (χ2n) is 5.64. The van der Waals surface area contributed by atoms with Gasteiger partial charge in [0, 0.05) is 25.8 Å². The van der Waals surface area contributed by atoms with Crippen molar-refractivity contribution in [2.75, 3.05) is 37.8 Å². The molecule has 3 rings (SSSR count). The van der Waals surface area contributed by atoms with Crippen LogP contribution in [0.2, 0.25) is 0 Å². The lowest BCUT2D eigenvalue weighted by atomic mass is 10.2. The molecule has 3 heterocycles. The second kappa shape index (κ2) is 7.18. The quantitative estimate of drug-likeness (QED) is 0.780. The van der Waals surface area contributed by atoms with Gasteiger partial charge in [-0.25, -0.2) is 14.2 Å². The Kier molecular flexibility index (Phi) is 4.98. The Morgan fingerprint density at radius 1 is 1.36 bits per heavy atom. The van der Waals surface area contributed by atoms with E-state index >= 15 is 0 Å². The number of anilines is 1. The Morgan fingerprint density at radius 2 is 2.08 bits per heavy atom. The van der Waals surface area contributed by atoms with Crippen LogP contribution in [0.15, 0.2) is 17.1 Å². The molecule has 0 saturated carbocycles. The van der Waals surface area contributed by atoms with Crippen molar-refractivity contribution >= 4 is 22.8 Å². The van der Waals surface area contributed by atoms with Crippen LogP contribution in [0.1, 0.15) is 24.2 Å². The Bertz CT molecular complexity index is 859. The summed E-state index contributed by atoms with van der Waals surface area (Å²) in [5, 5.41) is 0.0712.